The van der Waals surface area contributed by atoms with Crippen molar-refractivity contribution in [2.75, 3.05) is 0 Å². The SMILES string of the molecule is CC(C)CC(NC(=O)CC(C)C(C)N)C1(c2ccc(Cl)cc2)CCC1. The molecule has 3 unspecified atom stereocenters. The number of amides is 1. The Hall–Kier alpha value is -1.06. The van der Waals surface area contributed by atoms with E-state index in [1.807, 2.05) is 26.0 Å². The van der Waals surface area contributed by atoms with Crippen molar-refractivity contribution >= 4 is 17.5 Å². The van der Waals surface area contributed by atoms with Crippen molar-refractivity contribution in [3.05, 3.63) is 34.9 Å². The van der Waals surface area contributed by atoms with Gasteiger partial charge in [0.25, 0.3) is 0 Å². The summed E-state index contributed by atoms with van der Waals surface area (Å²) in [5, 5.41) is 4.12. The van der Waals surface area contributed by atoms with Gasteiger partial charge in [-0.3, -0.25) is 4.79 Å². The van der Waals surface area contributed by atoms with Gasteiger partial charge in [-0.15, -0.1) is 0 Å². The quantitative estimate of drug-likeness (QED) is 0.704. The summed E-state index contributed by atoms with van der Waals surface area (Å²) in [7, 11) is 0. The molecule has 1 amide bonds. The van der Waals surface area contributed by atoms with Crippen LogP contribution in [0, 0.1) is 11.8 Å². The normalized spacial score (nSPS) is 19.8. The summed E-state index contributed by atoms with van der Waals surface area (Å²) in [4.78, 5) is 12.6. The van der Waals surface area contributed by atoms with E-state index in [0.717, 1.165) is 24.3 Å². The molecule has 0 radical (unpaired) electrons. The van der Waals surface area contributed by atoms with Crippen LogP contribution < -0.4 is 11.1 Å². The average molecular weight is 365 g/mol. The van der Waals surface area contributed by atoms with Crippen LogP contribution >= 0.6 is 11.6 Å². The Morgan fingerprint density at radius 3 is 2.24 bits per heavy atom. The highest BCUT2D eigenvalue weighted by Gasteiger charge is 2.46. The smallest absolute Gasteiger partial charge is 0.220 e. The van der Waals surface area contributed by atoms with E-state index < -0.39 is 0 Å². The van der Waals surface area contributed by atoms with Gasteiger partial charge in [-0.1, -0.05) is 50.9 Å². The Labute approximate surface area is 157 Å². The van der Waals surface area contributed by atoms with E-state index in [2.05, 4.69) is 31.3 Å². The Bertz CT molecular complexity index is 564. The minimum atomic E-state index is 0.0308. The molecule has 3 nitrogen and oxygen atoms in total. The molecule has 1 aromatic rings. The molecule has 0 spiro atoms. The minimum Gasteiger partial charge on any atom is -0.352 e. The fourth-order valence-corrected chi connectivity index (χ4v) is 3.93. The third-order valence-electron chi connectivity index (χ3n) is 5.78. The molecule has 3 N–H and O–H groups in total. The maximum Gasteiger partial charge on any atom is 0.220 e. The Morgan fingerprint density at radius 2 is 1.80 bits per heavy atom. The zero-order valence-corrected chi connectivity index (χ0v) is 16.8. The summed E-state index contributed by atoms with van der Waals surface area (Å²) in [6.07, 6.45) is 4.93. The predicted octanol–water partition coefficient (Wildman–Crippen LogP) is 4.67. The van der Waals surface area contributed by atoms with Crippen LogP contribution in [0.4, 0.5) is 0 Å². The van der Waals surface area contributed by atoms with Crippen molar-refractivity contribution < 1.29 is 4.79 Å². The van der Waals surface area contributed by atoms with Crippen molar-refractivity contribution in [1.29, 1.82) is 0 Å². The largest absolute Gasteiger partial charge is 0.352 e. The highest BCUT2D eigenvalue weighted by Crippen LogP contribution is 2.48. The van der Waals surface area contributed by atoms with Crippen LogP contribution in [0.2, 0.25) is 5.02 Å². The van der Waals surface area contributed by atoms with E-state index in [1.54, 1.807) is 0 Å². The van der Waals surface area contributed by atoms with Crippen LogP contribution in [0.15, 0.2) is 24.3 Å². The van der Waals surface area contributed by atoms with E-state index in [9.17, 15) is 4.79 Å². The zero-order chi connectivity index (χ0) is 18.6. The first-order valence-electron chi connectivity index (χ1n) is 9.55. The molecule has 0 bridgehead atoms. The van der Waals surface area contributed by atoms with Crippen LogP contribution in [-0.2, 0) is 10.2 Å². The van der Waals surface area contributed by atoms with E-state index in [0.29, 0.717) is 12.3 Å². The topological polar surface area (TPSA) is 55.1 Å². The summed E-state index contributed by atoms with van der Waals surface area (Å²) in [6, 6.07) is 8.38. The van der Waals surface area contributed by atoms with Crippen molar-refractivity contribution in [2.45, 2.75) is 77.3 Å². The molecule has 1 saturated carbocycles. The third kappa shape index (κ3) is 4.98. The van der Waals surface area contributed by atoms with Crippen LogP contribution in [0.3, 0.4) is 0 Å². The van der Waals surface area contributed by atoms with E-state index >= 15 is 0 Å². The minimum absolute atomic E-state index is 0.0308. The van der Waals surface area contributed by atoms with Gasteiger partial charge in [0.2, 0.25) is 5.91 Å². The lowest BCUT2D eigenvalue weighted by Crippen LogP contribution is -2.55. The van der Waals surface area contributed by atoms with Crippen molar-refractivity contribution in [3.8, 4) is 0 Å². The fourth-order valence-electron chi connectivity index (χ4n) is 3.80. The van der Waals surface area contributed by atoms with Gasteiger partial charge in [-0.25, -0.2) is 0 Å². The zero-order valence-electron chi connectivity index (χ0n) is 16.0. The second-order valence-electron chi connectivity index (χ2n) is 8.31. The summed E-state index contributed by atoms with van der Waals surface area (Å²) >= 11 is 6.08. The van der Waals surface area contributed by atoms with Crippen LogP contribution in [0.1, 0.15) is 65.4 Å². The number of hydrogen-bond donors (Lipinski definition) is 2. The standard InChI is InChI=1S/C21H33ClN2O/c1-14(2)12-19(24-20(25)13-15(3)16(4)23)21(10-5-11-21)17-6-8-18(22)9-7-17/h6-9,14-16,19H,5,10-13,23H2,1-4H3,(H,24,25). The molecule has 25 heavy (non-hydrogen) atoms. The molecule has 0 aliphatic heterocycles. The maximum absolute atomic E-state index is 12.6. The molecule has 0 aromatic heterocycles. The Morgan fingerprint density at radius 1 is 1.20 bits per heavy atom. The predicted molar refractivity (Wildman–Crippen MR) is 106 cm³/mol. The van der Waals surface area contributed by atoms with Gasteiger partial charge in [0.05, 0.1) is 0 Å². The molecular weight excluding hydrogens is 332 g/mol. The monoisotopic (exact) mass is 364 g/mol. The first kappa shape index (κ1) is 20.3. The summed E-state index contributed by atoms with van der Waals surface area (Å²) in [5.41, 5.74) is 7.28. The molecule has 1 aliphatic carbocycles. The Kier molecular flexibility index (Phi) is 6.93. The second kappa shape index (κ2) is 8.55. The molecule has 1 aromatic carbocycles. The number of carbonyl (C=O) groups is 1. The molecule has 4 heteroatoms. The second-order valence-corrected chi connectivity index (χ2v) is 8.74. The summed E-state index contributed by atoms with van der Waals surface area (Å²) < 4.78 is 0. The van der Waals surface area contributed by atoms with Gasteiger partial charge in [0.1, 0.15) is 0 Å². The molecule has 2 rings (SSSR count). The lowest BCUT2D eigenvalue weighted by molar-refractivity contribution is -0.123. The van der Waals surface area contributed by atoms with E-state index in [1.165, 1.54) is 12.0 Å². The van der Waals surface area contributed by atoms with Gasteiger partial charge in [-0.05, 0) is 55.7 Å². The van der Waals surface area contributed by atoms with Crippen LogP contribution in [0.25, 0.3) is 0 Å². The summed E-state index contributed by atoms with van der Waals surface area (Å²) in [6.45, 7) is 8.45. The molecule has 1 fully saturated rings. The number of benzene rings is 1. The van der Waals surface area contributed by atoms with Crippen molar-refractivity contribution in [2.24, 2.45) is 17.6 Å². The maximum atomic E-state index is 12.6. The van der Waals surface area contributed by atoms with Gasteiger partial charge in [0, 0.05) is 28.9 Å². The molecule has 0 saturated heterocycles. The van der Waals surface area contributed by atoms with Gasteiger partial charge in [0.15, 0.2) is 0 Å². The van der Waals surface area contributed by atoms with Gasteiger partial charge >= 0.3 is 0 Å². The van der Waals surface area contributed by atoms with Crippen LogP contribution in [0.5, 0.6) is 0 Å². The lowest BCUT2D eigenvalue weighted by atomic mass is 9.59. The van der Waals surface area contributed by atoms with E-state index in [-0.39, 0.29) is 29.3 Å². The highest BCUT2D eigenvalue weighted by atomic mass is 35.5. The number of nitrogens with two attached hydrogens (primary N) is 1. The first-order valence-corrected chi connectivity index (χ1v) is 9.93. The number of rotatable bonds is 8. The number of halogens is 1. The average Bonchev–Trinajstić information content (AvgIpc) is 2.47. The molecule has 0 heterocycles. The number of hydrogen-bond acceptors (Lipinski definition) is 2. The lowest BCUT2D eigenvalue weighted by Gasteiger charge is -2.49. The molecule has 1 aliphatic rings. The summed E-state index contributed by atoms with van der Waals surface area (Å²) in [5.74, 6) is 0.837. The number of carbonyl (C=O) groups excluding carboxylic acids is 1. The fraction of sp³-hybridized carbons (Fsp3) is 0.667. The van der Waals surface area contributed by atoms with Gasteiger partial charge < -0.3 is 11.1 Å². The molecule has 140 valence electrons. The van der Waals surface area contributed by atoms with Crippen molar-refractivity contribution in [3.63, 3.8) is 0 Å². The Balaban J connectivity index is 2.19. The van der Waals surface area contributed by atoms with Crippen molar-refractivity contribution in [1.82, 2.24) is 5.32 Å². The molecule has 3 atom stereocenters. The first-order chi connectivity index (χ1) is 11.7. The van der Waals surface area contributed by atoms with Gasteiger partial charge in [-0.2, -0.15) is 0 Å². The third-order valence-corrected chi connectivity index (χ3v) is 6.03. The van der Waals surface area contributed by atoms with E-state index in [4.69, 9.17) is 17.3 Å². The van der Waals surface area contributed by atoms with Crippen LogP contribution in [-0.4, -0.2) is 18.0 Å². The number of nitrogens with one attached hydrogen (secondary N) is 1. The molecular formula is C21H33ClN2O. The highest BCUT2D eigenvalue weighted by molar-refractivity contribution is 6.30.